The second kappa shape index (κ2) is 15.8. The molecule has 0 bridgehead atoms. The number of piperazine rings is 1. The van der Waals surface area contributed by atoms with Crippen molar-refractivity contribution in [2.45, 2.75) is 63.1 Å². The van der Waals surface area contributed by atoms with E-state index in [1.54, 1.807) is 34.1 Å². The first-order valence-corrected chi connectivity index (χ1v) is 19.1. The van der Waals surface area contributed by atoms with Gasteiger partial charge in [-0.3, -0.25) is 28.8 Å². The molecule has 3 aromatic carbocycles. The summed E-state index contributed by atoms with van der Waals surface area (Å²) in [6.45, 7) is 4.60. The lowest BCUT2D eigenvalue weighted by Crippen LogP contribution is -2.61. The third-order valence-corrected chi connectivity index (χ3v) is 11.3. The van der Waals surface area contributed by atoms with Gasteiger partial charge < -0.3 is 30.7 Å². The maximum Gasteiger partial charge on any atom is 0.253 e. The van der Waals surface area contributed by atoms with E-state index in [0.717, 1.165) is 19.3 Å². The zero-order chi connectivity index (χ0) is 37.9. The summed E-state index contributed by atoms with van der Waals surface area (Å²) in [4.78, 5) is 84.8. The molecule has 2 saturated heterocycles. The standard InChI is InChI=1S/C42H48N6O6/c1-3-18-43-40(52)37-25-46(19-20-48(37)26(2)49)41(53)29-14-16-30(17-15-29)42(54)47-23-33(38(50)44-35-21-31(35)27-10-6-4-7-11-27)34(24-47)39(51)45-36-22-32(36)28-12-8-5-9-13-28/h4-17,31-37H,3,18-25H2,1-2H3,(H,43,52)(H,44,50)(H,45,51)/t31-,32-,33-,34-,35+,36+,37+/m1/s1. The molecule has 0 aromatic heterocycles. The van der Waals surface area contributed by atoms with Gasteiger partial charge in [-0.1, -0.05) is 67.6 Å². The molecule has 54 heavy (non-hydrogen) atoms. The Kier molecular flexibility index (Phi) is 10.8. The van der Waals surface area contributed by atoms with E-state index in [-0.39, 0.29) is 92.1 Å². The number of likely N-dealkylation sites (tertiary alicyclic amines) is 1. The van der Waals surface area contributed by atoms with Crippen LogP contribution in [0.1, 0.15) is 76.8 Å². The van der Waals surface area contributed by atoms with E-state index in [0.29, 0.717) is 17.7 Å². The quantitative estimate of drug-likeness (QED) is 0.276. The molecule has 4 fully saturated rings. The van der Waals surface area contributed by atoms with Crippen LogP contribution in [-0.2, 0) is 19.2 Å². The molecule has 7 atom stereocenters. The van der Waals surface area contributed by atoms with E-state index in [2.05, 4.69) is 40.2 Å². The van der Waals surface area contributed by atoms with Crippen LogP contribution in [0.4, 0.5) is 0 Å². The number of nitrogens with zero attached hydrogens (tertiary/aromatic N) is 3. The monoisotopic (exact) mass is 732 g/mol. The molecule has 2 aliphatic heterocycles. The van der Waals surface area contributed by atoms with Gasteiger partial charge in [0.1, 0.15) is 6.04 Å². The van der Waals surface area contributed by atoms with Gasteiger partial charge in [0.25, 0.3) is 11.8 Å². The predicted octanol–water partition coefficient (Wildman–Crippen LogP) is 2.92. The maximum atomic E-state index is 13.9. The Morgan fingerprint density at radius 3 is 1.56 bits per heavy atom. The number of carbonyl (C=O) groups excluding carboxylic acids is 6. The molecule has 3 aromatic rings. The van der Waals surface area contributed by atoms with Crippen LogP contribution in [0.2, 0.25) is 0 Å². The average molecular weight is 733 g/mol. The van der Waals surface area contributed by atoms with Crippen LogP contribution >= 0.6 is 0 Å². The number of hydrogen-bond acceptors (Lipinski definition) is 6. The van der Waals surface area contributed by atoms with E-state index in [1.165, 1.54) is 23.0 Å². The molecule has 7 rings (SSSR count). The second-order valence-electron chi connectivity index (χ2n) is 15.0. The third kappa shape index (κ3) is 8.02. The first-order valence-electron chi connectivity index (χ1n) is 19.1. The first-order chi connectivity index (χ1) is 26.1. The Hall–Kier alpha value is -5.52. The number of benzene rings is 3. The molecule has 0 radical (unpaired) electrons. The summed E-state index contributed by atoms with van der Waals surface area (Å²) in [5, 5.41) is 9.16. The van der Waals surface area contributed by atoms with Crippen LogP contribution in [-0.4, -0.2) is 108 Å². The first kappa shape index (κ1) is 36.8. The SMILES string of the molecule is CCCNC(=O)[C@@H]1CN(C(=O)c2ccc(C(=O)N3C[C@@H](C(=O)N[C@H]4C[C@@H]4c4ccccc4)[C@H](C(=O)N[C@H]4C[C@@H]4c4ccccc4)C3)cc2)CCN1C(C)=O. The van der Waals surface area contributed by atoms with Crippen LogP contribution in [0.15, 0.2) is 84.9 Å². The number of rotatable bonds is 11. The van der Waals surface area contributed by atoms with Crippen molar-refractivity contribution in [3.8, 4) is 0 Å². The molecule has 2 aliphatic carbocycles. The van der Waals surface area contributed by atoms with E-state index < -0.39 is 17.9 Å². The Balaban J connectivity index is 1.01. The minimum atomic E-state index is -0.786. The second-order valence-corrected chi connectivity index (χ2v) is 15.0. The van der Waals surface area contributed by atoms with Crippen molar-refractivity contribution in [3.63, 3.8) is 0 Å². The summed E-state index contributed by atoms with van der Waals surface area (Å²) < 4.78 is 0. The van der Waals surface area contributed by atoms with Crippen molar-refractivity contribution in [2.75, 3.05) is 39.3 Å². The van der Waals surface area contributed by atoms with Gasteiger partial charge in [-0.15, -0.1) is 0 Å². The van der Waals surface area contributed by atoms with Crippen LogP contribution < -0.4 is 16.0 Å². The Morgan fingerprint density at radius 1 is 0.611 bits per heavy atom. The molecule has 2 heterocycles. The zero-order valence-corrected chi connectivity index (χ0v) is 30.8. The van der Waals surface area contributed by atoms with Crippen molar-refractivity contribution >= 4 is 35.4 Å². The molecule has 3 N–H and O–H groups in total. The summed E-state index contributed by atoms with van der Waals surface area (Å²) in [5.74, 6) is -2.57. The largest absolute Gasteiger partial charge is 0.354 e. The van der Waals surface area contributed by atoms with Crippen molar-refractivity contribution in [3.05, 3.63) is 107 Å². The van der Waals surface area contributed by atoms with Gasteiger partial charge in [-0.05, 0) is 54.7 Å². The van der Waals surface area contributed by atoms with Crippen molar-refractivity contribution < 1.29 is 28.8 Å². The summed E-state index contributed by atoms with van der Waals surface area (Å²) in [6, 6.07) is 25.6. The van der Waals surface area contributed by atoms with Crippen molar-refractivity contribution in [1.82, 2.24) is 30.7 Å². The van der Waals surface area contributed by atoms with Gasteiger partial charge in [0, 0.05) is 74.7 Å². The normalized spacial score (nSPS) is 25.7. The number of carbonyl (C=O) groups is 6. The van der Waals surface area contributed by atoms with E-state index in [9.17, 15) is 28.8 Å². The molecule has 0 unspecified atom stereocenters. The maximum absolute atomic E-state index is 13.9. The topological polar surface area (TPSA) is 148 Å². The fraction of sp³-hybridized carbons (Fsp3) is 0.429. The molecule has 4 aliphatic rings. The van der Waals surface area contributed by atoms with Crippen molar-refractivity contribution in [1.29, 1.82) is 0 Å². The van der Waals surface area contributed by atoms with E-state index in [4.69, 9.17) is 0 Å². The van der Waals surface area contributed by atoms with Crippen LogP contribution in [0, 0.1) is 11.8 Å². The summed E-state index contributed by atoms with van der Waals surface area (Å²) in [7, 11) is 0. The van der Waals surface area contributed by atoms with Gasteiger partial charge in [0.15, 0.2) is 0 Å². The minimum absolute atomic E-state index is 0.0178. The lowest BCUT2D eigenvalue weighted by Gasteiger charge is -2.40. The highest BCUT2D eigenvalue weighted by atomic mass is 16.2. The molecular weight excluding hydrogens is 684 g/mol. The predicted molar refractivity (Wildman–Crippen MR) is 201 cm³/mol. The van der Waals surface area contributed by atoms with Gasteiger partial charge in [-0.2, -0.15) is 0 Å². The summed E-state index contributed by atoms with van der Waals surface area (Å²) in [5.41, 5.74) is 3.01. The molecule has 12 heteroatoms. The highest BCUT2D eigenvalue weighted by Crippen LogP contribution is 2.42. The lowest BCUT2D eigenvalue weighted by molar-refractivity contribution is -0.141. The number of hydrogen-bond donors (Lipinski definition) is 3. The van der Waals surface area contributed by atoms with Gasteiger partial charge >= 0.3 is 0 Å². The number of nitrogens with one attached hydrogen (secondary N) is 3. The third-order valence-electron chi connectivity index (χ3n) is 11.3. The van der Waals surface area contributed by atoms with Crippen LogP contribution in [0.3, 0.4) is 0 Å². The van der Waals surface area contributed by atoms with E-state index >= 15 is 0 Å². The molecule has 0 spiro atoms. The average Bonchev–Trinajstić information content (AvgIpc) is 4.11. The molecule has 6 amide bonds. The van der Waals surface area contributed by atoms with Crippen LogP contribution in [0.5, 0.6) is 0 Å². The number of amides is 6. The minimum Gasteiger partial charge on any atom is -0.354 e. The summed E-state index contributed by atoms with van der Waals surface area (Å²) in [6.07, 6.45) is 2.40. The smallest absolute Gasteiger partial charge is 0.253 e. The highest BCUT2D eigenvalue weighted by Gasteiger charge is 2.49. The molecular formula is C42H48N6O6. The van der Waals surface area contributed by atoms with Gasteiger partial charge in [-0.25, -0.2) is 0 Å². The van der Waals surface area contributed by atoms with Crippen LogP contribution in [0.25, 0.3) is 0 Å². The summed E-state index contributed by atoms with van der Waals surface area (Å²) >= 11 is 0. The Bertz CT molecular complexity index is 1810. The van der Waals surface area contributed by atoms with Gasteiger partial charge in [0.05, 0.1) is 18.4 Å². The Morgan fingerprint density at radius 2 is 1.09 bits per heavy atom. The Labute approximate surface area is 315 Å². The molecule has 12 nitrogen and oxygen atoms in total. The molecule has 282 valence electrons. The van der Waals surface area contributed by atoms with Gasteiger partial charge in [0.2, 0.25) is 23.6 Å². The fourth-order valence-electron chi connectivity index (χ4n) is 7.98. The highest BCUT2D eigenvalue weighted by molar-refractivity contribution is 5.99. The van der Waals surface area contributed by atoms with Crippen molar-refractivity contribution in [2.24, 2.45) is 11.8 Å². The van der Waals surface area contributed by atoms with E-state index in [1.807, 2.05) is 43.3 Å². The lowest BCUT2D eigenvalue weighted by atomic mass is 9.94. The molecule has 2 saturated carbocycles. The fourth-order valence-corrected chi connectivity index (χ4v) is 7.98. The zero-order valence-electron chi connectivity index (χ0n) is 30.8.